The molecule has 1 amide bonds. The van der Waals surface area contributed by atoms with E-state index in [0.29, 0.717) is 5.91 Å². The van der Waals surface area contributed by atoms with Gasteiger partial charge in [-0.05, 0) is 0 Å². The fourth-order valence-electron chi connectivity index (χ4n) is 1.73. The standard InChI is InChI=1S/C7H13N2O.3CH3.Sn/c1-7(10)8(2)9-5-3-4-6-9;;;;/h1,3-6H2,2H3;3*1H3;. The summed E-state index contributed by atoms with van der Waals surface area (Å²) in [4.78, 5) is 18.8. The Morgan fingerprint density at radius 3 is 2.21 bits per heavy atom. The minimum absolute atomic E-state index is 0.329. The Morgan fingerprint density at radius 2 is 1.79 bits per heavy atom. The van der Waals surface area contributed by atoms with Gasteiger partial charge in [0.15, 0.2) is 0 Å². The number of nitrogens with zero attached hydrogens (tertiary/aromatic N) is 2. The topological polar surface area (TPSA) is 23.6 Å². The maximum absolute atomic E-state index is 11.9. The molecule has 82 valence electrons. The van der Waals surface area contributed by atoms with Crippen LogP contribution in [0.5, 0.6) is 0 Å². The van der Waals surface area contributed by atoms with Crippen LogP contribution in [-0.4, -0.2) is 54.4 Å². The summed E-state index contributed by atoms with van der Waals surface area (Å²) in [7, 11) is 1.92. The zero-order valence-corrected chi connectivity index (χ0v) is 12.7. The van der Waals surface area contributed by atoms with Gasteiger partial charge in [-0.25, -0.2) is 0 Å². The first kappa shape index (κ1) is 12.3. The molecule has 0 N–H and O–H groups in total. The van der Waals surface area contributed by atoms with Gasteiger partial charge in [-0.15, -0.1) is 0 Å². The monoisotopic (exact) mass is 306 g/mol. The van der Waals surface area contributed by atoms with Crippen molar-refractivity contribution in [1.82, 2.24) is 10.0 Å². The molecule has 0 spiro atoms. The van der Waals surface area contributed by atoms with Gasteiger partial charge in [0.2, 0.25) is 0 Å². The van der Waals surface area contributed by atoms with Crippen LogP contribution in [0, 0.1) is 0 Å². The van der Waals surface area contributed by atoms with Gasteiger partial charge in [-0.3, -0.25) is 0 Å². The molecule has 0 bridgehead atoms. The van der Waals surface area contributed by atoms with E-state index in [1.165, 1.54) is 12.8 Å². The van der Waals surface area contributed by atoms with E-state index in [4.69, 9.17) is 0 Å². The maximum atomic E-state index is 11.9. The van der Waals surface area contributed by atoms with Gasteiger partial charge >= 0.3 is 91.3 Å². The van der Waals surface area contributed by atoms with Crippen LogP contribution in [0.15, 0.2) is 0 Å². The minimum atomic E-state index is -1.94. The Labute approximate surface area is 91.3 Å². The Morgan fingerprint density at radius 1 is 1.29 bits per heavy atom. The molecule has 3 nitrogen and oxygen atoms in total. The van der Waals surface area contributed by atoms with E-state index in [1.54, 1.807) is 0 Å². The van der Waals surface area contributed by atoms with Gasteiger partial charge < -0.3 is 0 Å². The molecule has 0 aromatic rings. The summed E-state index contributed by atoms with van der Waals surface area (Å²) in [6, 6.07) is 0. The van der Waals surface area contributed by atoms with Crippen molar-refractivity contribution in [3.05, 3.63) is 0 Å². The third-order valence-electron chi connectivity index (χ3n) is 2.55. The number of hydrogen-bond acceptors (Lipinski definition) is 2. The zero-order valence-electron chi connectivity index (χ0n) is 9.84. The molecule has 1 rings (SSSR count). The van der Waals surface area contributed by atoms with Crippen molar-refractivity contribution in [1.29, 1.82) is 0 Å². The van der Waals surface area contributed by atoms with Gasteiger partial charge in [-0.2, -0.15) is 0 Å². The molecular formula is C10H22N2OSn. The van der Waals surface area contributed by atoms with Crippen molar-refractivity contribution >= 4 is 24.3 Å². The van der Waals surface area contributed by atoms with Crippen LogP contribution in [0.3, 0.4) is 0 Å². The van der Waals surface area contributed by atoms with E-state index in [0.717, 1.165) is 17.5 Å². The molecule has 0 aliphatic carbocycles. The molecule has 0 aromatic carbocycles. The van der Waals surface area contributed by atoms with Crippen molar-refractivity contribution in [3.63, 3.8) is 0 Å². The first-order valence-electron chi connectivity index (χ1n) is 5.41. The van der Waals surface area contributed by atoms with E-state index in [9.17, 15) is 4.79 Å². The van der Waals surface area contributed by atoms with E-state index in [2.05, 4.69) is 19.8 Å². The molecule has 1 heterocycles. The first-order valence-corrected chi connectivity index (χ1v) is 16.0. The van der Waals surface area contributed by atoms with Crippen molar-refractivity contribution in [2.45, 2.75) is 32.1 Å². The van der Waals surface area contributed by atoms with E-state index >= 15 is 0 Å². The molecule has 1 fully saturated rings. The summed E-state index contributed by atoms with van der Waals surface area (Å²) in [6.45, 7) is 2.11. The van der Waals surface area contributed by atoms with Gasteiger partial charge in [0, 0.05) is 0 Å². The number of carbonyl (C=O) groups excluding carboxylic acids is 1. The van der Waals surface area contributed by atoms with Crippen LogP contribution in [-0.2, 0) is 4.79 Å². The van der Waals surface area contributed by atoms with Crippen LogP contribution in [0.25, 0.3) is 0 Å². The molecule has 0 unspecified atom stereocenters. The summed E-state index contributed by atoms with van der Waals surface area (Å²) >= 11 is -1.94. The van der Waals surface area contributed by atoms with Crippen LogP contribution >= 0.6 is 0 Å². The summed E-state index contributed by atoms with van der Waals surface area (Å²) in [5.74, 6) is 0.329. The Hall–Kier alpha value is 0.229. The molecule has 0 radical (unpaired) electrons. The quantitative estimate of drug-likeness (QED) is 0.742. The molecule has 4 heteroatoms. The van der Waals surface area contributed by atoms with E-state index in [1.807, 2.05) is 12.1 Å². The van der Waals surface area contributed by atoms with Crippen LogP contribution < -0.4 is 0 Å². The average molecular weight is 305 g/mol. The van der Waals surface area contributed by atoms with Crippen LogP contribution in [0.2, 0.25) is 19.3 Å². The predicted octanol–water partition coefficient (Wildman–Crippen LogP) is 1.79. The molecule has 0 atom stereocenters. The normalized spacial score (nSPS) is 18.6. The van der Waals surface area contributed by atoms with E-state index in [-0.39, 0.29) is 0 Å². The number of carbonyl (C=O) groups is 1. The van der Waals surface area contributed by atoms with Crippen LogP contribution in [0.4, 0.5) is 0 Å². The van der Waals surface area contributed by atoms with Crippen molar-refractivity contribution in [2.75, 3.05) is 20.1 Å². The third-order valence-corrected chi connectivity index (χ3v) is 6.44. The SMILES string of the molecule is CN(C(=O)[CH2][Sn]([CH3])([CH3])[CH3])N1CCCC1. The first-order chi connectivity index (χ1) is 6.40. The van der Waals surface area contributed by atoms with Gasteiger partial charge in [0.1, 0.15) is 0 Å². The number of rotatable bonds is 3. The number of hydrazine groups is 1. The fourth-order valence-corrected chi connectivity index (χ4v) is 4.97. The molecule has 0 saturated carbocycles. The molecule has 14 heavy (non-hydrogen) atoms. The average Bonchev–Trinajstić information content (AvgIpc) is 2.51. The summed E-state index contributed by atoms with van der Waals surface area (Å²) < 4.78 is 0.835. The summed E-state index contributed by atoms with van der Waals surface area (Å²) in [5, 5.41) is 4.04. The third kappa shape index (κ3) is 3.77. The van der Waals surface area contributed by atoms with Crippen LogP contribution in [0.1, 0.15) is 12.8 Å². The molecule has 0 aromatic heterocycles. The summed E-state index contributed by atoms with van der Waals surface area (Å²) in [5.41, 5.74) is 0. The van der Waals surface area contributed by atoms with E-state index < -0.39 is 18.4 Å². The predicted molar refractivity (Wildman–Crippen MR) is 61.7 cm³/mol. The van der Waals surface area contributed by atoms with Crippen molar-refractivity contribution in [3.8, 4) is 0 Å². The Bertz CT molecular complexity index is 207. The number of amides is 1. The zero-order chi connectivity index (χ0) is 10.8. The Balaban J connectivity index is 2.43. The van der Waals surface area contributed by atoms with Crippen molar-refractivity contribution < 1.29 is 4.79 Å². The van der Waals surface area contributed by atoms with Crippen molar-refractivity contribution in [2.24, 2.45) is 0 Å². The van der Waals surface area contributed by atoms with Gasteiger partial charge in [-0.1, -0.05) is 0 Å². The Kier molecular flexibility index (Phi) is 4.25. The second kappa shape index (κ2) is 4.83. The molecule has 1 aliphatic heterocycles. The van der Waals surface area contributed by atoms with Gasteiger partial charge in [0.25, 0.3) is 0 Å². The molecule has 1 saturated heterocycles. The summed E-state index contributed by atoms with van der Waals surface area (Å²) in [6.07, 6.45) is 2.47. The second-order valence-corrected chi connectivity index (χ2v) is 20.9. The second-order valence-electron chi connectivity index (χ2n) is 5.32. The van der Waals surface area contributed by atoms with Gasteiger partial charge in [0.05, 0.1) is 0 Å². The molecule has 1 aliphatic rings. The molecular weight excluding hydrogens is 283 g/mol. The number of hydrogen-bond donors (Lipinski definition) is 0. The fraction of sp³-hybridized carbons (Fsp3) is 0.900.